The van der Waals surface area contributed by atoms with Crippen molar-refractivity contribution in [2.45, 2.75) is 25.4 Å². The highest BCUT2D eigenvalue weighted by Gasteiger charge is 2.16. The lowest BCUT2D eigenvalue weighted by Crippen LogP contribution is -2.41. The van der Waals surface area contributed by atoms with E-state index < -0.39 is 12.0 Å². The fourth-order valence-corrected chi connectivity index (χ4v) is 1.97. The standard InChI is InChI=1S/C9H15N3O2S/c1-2-7(8-11-3-4-15-8)12-5-6(10)9(13)14/h3-4,6-7,12H,2,5,10H2,1H3,(H,13,14). The molecule has 0 aliphatic heterocycles. The van der Waals surface area contributed by atoms with Gasteiger partial charge in [-0.3, -0.25) is 4.79 Å². The molecular formula is C9H15N3O2S. The van der Waals surface area contributed by atoms with Crippen molar-refractivity contribution in [2.24, 2.45) is 5.73 Å². The molecule has 0 aliphatic rings. The number of nitrogens with zero attached hydrogens (tertiary/aromatic N) is 1. The molecule has 1 aromatic rings. The minimum absolute atomic E-state index is 0.0930. The molecule has 0 fully saturated rings. The molecule has 0 amide bonds. The maximum absolute atomic E-state index is 10.5. The van der Waals surface area contributed by atoms with Crippen molar-refractivity contribution < 1.29 is 9.90 Å². The molecule has 1 aromatic heterocycles. The summed E-state index contributed by atoms with van der Waals surface area (Å²) in [4.78, 5) is 14.7. The van der Waals surface area contributed by atoms with Gasteiger partial charge in [-0.1, -0.05) is 6.92 Å². The molecule has 4 N–H and O–H groups in total. The van der Waals surface area contributed by atoms with Gasteiger partial charge in [-0.05, 0) is 6.42 Å². The zero-order chi connectivity index (χ0) is 11.3. The van der Waals surface area contributed by atoms with Crippen molar-refractivity contribution in [3.05, 3.63) is 16.6 Å². The second-order valence-electron chi connectivity index (χ2n) is 3.18. The average Bonchev–Trinajstić information content (AvgIpc) is 2.71. The number of nitrogens with one attached hydrogen (secondary N) is 1. The van der Waals surface area contributed by atoms with Gasteiger partial charge in [0.2, 0.25) is 0 Å². The third-order valence-electron chi connectivity index (χ3n) is 2.06. The smallest absolute Gasteiger partial charge is 0.321 e. The Morgan fingerprint density at radius 2 is 2.53 bits per heavy atom. The maximum atomic E-state index is 10.5. The van der Waals surface area contributed by atoms with Gasteiger partial charge in [-0.2, -0.15) is 0 Å². The fourth-order valence-electron chi connectivity index (χ4n) is 1.17. The number of carboxylic acid groups (broad SMARTS) is 1. The van der Waals surface area contributed by atoms with Gasteiger partial charge < -0.3 is 16.2 Å². The van der Waals surface area contributed by atoms with E-state index in [-0.39, 0.29) is 12.6 Å². The number of aromatic nitrogens is 1. The minimum atomic E-state index is -0.989. The lowest BCUT2D eigenvalue weighted by atomic mass is 10.2. The highest BCUT2D eigenvalue weighted by atomic mass is 32.1. The number of hydrogen-bond acceptors (Lipinski definition) is 5. The number of aliphatic carboxylic acids is 1. The Balaban J connectivity index is 2.45. The summed E-state index contributed by atoms with van der Waals surface area (Å²) in [5.41, 5.74) is 5.39. The van der Waals surface area contributed by atoms with E-state index in [0.29, 0.717) is 0 Å². The van der Waals surface area contributed by atoms with E-state index in [1.807, 2.05) is 12.3 Å². The van der Waals surface area contributed by atoms with Gasteiger partial charge in [-0.15, -0.1) is 11.3 Å². The summed E-state index contributed by atoms with van der Waals surface area (Å²) in [6.45, 7) is 2.28. The van der Waals surface area contributed by atoms with Gasteiger partial charge in [0, 0.05) is 18.1 Å². The Bertz CT molecular complexity index is 302. The number of thiazole rings is 1. The highest BCUT2D eigenvalue weighted by Crippen LogP contribution is 2.18. The molecule has 15 heavy (non-hydrogen) atoms. The zero-order valence-corrected chi connectivity index (χ0v) is 9.33. The first-order valence-corrected chi connectivity index (χ1v) is 5.64. The summed E-state index contributed by atoms with van der Waals surface area (Å²) in [6.07, 6.45) is 2.60. The van der Waals surface area contributed by atoms with E-state index in [2.05, 4.69) is 10.3 Å². The first-order valence-electron chi connectivity index (χ1n) is 4.76. The van der Waals surface area contributed by atoms with Crippen LogP contribution in [0.4, 0.5) is 0 Å². The minimum Gasteiger partial charge on any atom is -0.480 e. The largest absolute Gasteiger partial charge is 0.480 e. The quantitative estimate of drug-likeness (QED) is 0.664. The van der Waals surface area contributed by atoms with E-state index in [1.165, 1.54) is 0 Å². The van der Waals surface area contributed by atoms with Gasteiger partial charge in [0.1, 0.15) is 11.0 Å². The van der Waals surface area contributed by atoms with Crippen molar-refractivity contribution in [3.8, 4) is 0 Å². The van der Waals surface area contributed by atoms with Crippen molar-refractivity contribution in [2.75, 3.05) is 6.54 Å². The molecule has 2 atom stereocenters. The van der Waals surface area contributed by atoms with Crippen molar-refractivity contribution >= 4 is 17.3 Å². The molecule has 0 bridgehead atoms. The summed E-state index contributed by atoms with van der Waals surface area (Å²) in [6, 6.07) is -0.769. The number of carbonyl (C=O) groups is 1. The Kier molecular flexibility index (Phi) is 4.67. The van der Waals surface area contributed by atoms with Crippen LogP contribution in [0.5, 0.6) is 0 Å². The normalized spacial score (nSPS) is 14.8. The van der Waals surface area contributed by atoms with Crippen LogP contribution in [0.25, 0.3) is 0 Å². The van der Waals surface area contributed by atoms with Gasteiger partial charge in [0.25, 0.3) is 0 Å². The molecule has 2 unspecified atom stereocenters. The second-order valence-corrected chi connectivity index (χ2v) is 4.11. The highest BCUT2D eigenvalue weighted by molar-refractivity contribution is 7.09. The van der Waals surface area contributed by atoms with E-state index in [9.17, 15) is 4.79 Å². The second kappa shape index (κ2) is 5.79. The maximum Gasteiger partial charge on any atom is 0.321 e. The topological polar surface area (TPSA) is 88.2 Å². The van der Waals surface area contributed by atoms with Gasteiger partial charge in [0.05, 0.1) is 6.04 Å². The molecule has 0 saturated heterocycles. The number of hydrogen-bond donors (Lipinski definition) is 3. The molecule has 1 heterocycles. The van der Waals surface area contributed by atoms with Crippen molar-refractivity contribution in [1.29, 1.82) is 0 Å². The molecule has 5 nitrogen and oxygen atoms in total. The van der Waals surface area contributed by atoms with Gasteiger partial charge in [0.15, 0.2) is 0 Å². The van der Waals surface area contributed by atoms with E-state index in [1.54, 1.807) is 17.5 Å². The van der Waals surface area contributed by atoms with Crippen LogP contribution in [0.2, 0.25) is 0 Å². The predicted octanol–water partition coefficient (Wildman–Crippen LogP) is 0.596. The monoisotopic (exact) mass is 229 g/mol. The zero-order valence-electron chi connectivity index (χ0n) is 8.51. The summed E-state index contributed by atoms with van der Waals surface area (Å²) in [7, 11) is 0. The molecular weight excluding hydrogens is 214 g/mol. The summed E-state index contributed by atoms with van der Waals surface area (Å²) < 4.78 is 0. The number of nitrogens with two attached hydrogens (primary N) is 1. The molecule has 0 aliphatic carbocycles. The SMILES string of the molecule is CCC(NCC(N)C(=O)O)c1nccs1. The average molecular weight is 229 g/mol. The lowest BCUT2D eigenvalue weighted by molar-refractivity contribution is -0.138. The van der Waals surface area contributed by atoms with Crippen LogP contribution in [0.15, 0.2) is 11.6 Å². The first-order chi connectivity index (χ1) is 7.15. The van der Waals surface area contributed by atoms with E-state index >= 15 is 0 Å². The summed E-state index contributed by atoms with van der Waals surface area (Å²) >= 11 is 1.55. The molecule has 0 spiro atoms. The van der Waals surface area contributed by atoms with Crippen LogP contribution in [0, 0.1) is 0 Å². The van der Waals surface area contributed by atoms with Crippen LogP contribution in [-0.2, 0) is 4.79 Å². The number of carboxylic acids is 1. The summed E-state index contributed by atoms with van der Waals surface area (Å²) in [5.74, 6) is -0.989. The van der Waals surface area contributed by atoms with Crippen molar-refractivity contribution in [1.82, 2.24) is 10.3 Å². The van der Waals surface area contributed by atoms with E-state index in [4.69, 9.17) is 10.8 Å². The predicted molar refractivity (Wildman–Crippen MR) is 58.8 cm³/mol. The fraction of sp³-hybridized carbons (Fsp3) is 0.556. The molecule has 1 rings (SSSR count). The third-order valence-corrected chi connectivity index (χ3v) is 2.95. The number of rotatable bonds is 6. The van der Waals surface area contributed by atoms with Gasteiger partial charge in [-0.25, -0.2) is 4.98 Å². The van der Waals surface area contributed by atoms with Crippen LogP contribution in [0.1, 0.15) is 24.4 Å². The molecule has 84 valence electrons. The first kappa shape index (κ1) is 12.1. The van der Waals surface area contributed by atoms with Crippen LogP contribution < -0.4 is 11.1 Å². The van der Waals surface area contributed by atoms with Crippen LogP contribution in [0.3, 0.4) is 0 Å². The third kappa shape index (κ3) is 3.58. The van der Waals surface area contributed by atoms with E-state index in [0.717, 1.165) is 11.4 Å². The van der Waals surface area contributed by atoms with Crippen LogP contribution in [-0.4, -0.2) is 28.6 Å². The Morgan fingerprint density at radius 1 is 1.80 bits per heavy atom. The molecule has 0 radical (unpaired) electrons. The Labute approximate surface area is 92.3 Å². The van der Waals surface area contributed by atoms with Crippen molar-refractivity contribution in [3.63, 3.8) is 0 Å². The van der Waals surface area contributed by atoms with Gasteiger partial charge >= 0.3 is 5.97 Å². The molecule has 6 heteroatoms. The summed E-state index contributed by atoms with van der Waals surface area (Å²) in [5, 5.41) is 14.6. The Morgan fingerprint density at radius 3 is 3.00 bits per heavy atom. The molecule has 0 saturated carbocycles. The molecule has 0 aromatic carbocycles. The Hall–Kier alpha value is -0.980. The van der Waals surface area contributed by atoms with Crippen LogP contribution >= 0.6 is 11.3 Å². The lowest BCUT2D eigenvalue weighted by Gasteiger charge is -2.15.